The van der Waals surface area contributed by atoms with Crippen LogP contribution in [-0.2, 0) is 0 Å². The zero-order valence-electron chi connectivity index (χ0n) is 34.6. The van der Waals surface area contributed by atoms with E-state index < -0.39 is 0 Å². The molecule has 10 aromatic rings. The fraction of sp³-hybridized carbons (Fsp3) is 0. The van der Waals surface area contributed by atoms with Crippen LogP contribution >= 0.6 is 0 Å². The molecule has 0 atom stereocenters. The normalized spacial score (nSPS) is 12.3. The third-order valence-corrected chi connectivity index (χ3v) is 12.8. The molecule has 0 amide bonds. The second kappa shape index (κ2) is 15.4. The van der Waals surface area contributed by atoms with E-state index in [-0.39, 0.29) is 6.71 Å². The van der Waals surface area contributed by atoms with Crippen LogP contribution in [-0.4, -0.2) is 6.71 Å². The van der Waals surface area contributed by atoms with Gasteiger partial charge < -0.3 is 9.80 Å². The molecule has 0 saturated carbocycles. The van der Waals surface area contributed by atoms with Crippen molar-refractivity contribution in [1.29, 1.82) is 0 Å². The molecule has 0 spiro atoms. The molecule has 2 aliphatic heterocycles. The maximum absolute atomic E-state index is 2.54. The van der Waals surface area contributed by atoms with Crippen molar-refractivity contribution in [2.45, 2.75) is 0 Å². The molecule has 0 aromatic heterocycles. The van der Waals surface area contributed by atoms with Gasteiger partial charge in [0.25, 0.3) is 6.71 Å². The highest BCUT2D eigenvalue weighted by Crippen LogP contribution is 2.48. The van der Waals surface area contributed by atoms with Gasteiger partial charge in [0.15, 0.2) is 0 Å². The molecule has 0 saturated heterocycles. The minimum absolute atomic E-state index is 0.0768. The number of anilines is 6. The maximum Gasteiger partial charge on any atom is 0.252 e. The number of nitrogens with zero attached hydrogens (tertiary/aromatic N) is 2. The van der Waals surface area contributed by atoms with E-state index in [1.54, 1.807) is 0 Å². The fourth-order valence-corrected chi connectivity index (χ4v) is 9.99. The molecule has 0 bridgehead atoms. The summed E-state index contributed by atoms with van der Waals surface area (Å²) in [5.74, 6) is 0. The van der Waals surface area contributed by atoms with E-state index in [0.717, 1.165) is 11.4 Å². The Balaban J connectivity index is 1.21. The van der Waals surface area contributed by atoms with Crippen LogP contribution in [0.4, 0.5) is 34.1 Å². The molecule has 2 nitrogen and oxygen atoms in total. The fourth-order valence-electron chi connectivity index (χ4n) is 9.99. The SMILES string of the molecule is c1ccc(-c2cccc(N3c4ccc(-c5ccccc5)cc4B4c5c(-c6ccccc6)cccc5N(c5cccc(-c6ccccc6)c5)c5cc(-c6ccccc6)cc3c54)c2)cc1. The summed E-state index contributed by atoms with van der Waals surface area (Å²) in [7, 11) is 0. The average Bonchev–Trinajstić information content (AvgIpc) is 3.37. The summed E-state index contributed by atoms with van der Waals surface area (Å²) in [5.41, 5.74) is 22.8. The minimum Gasteiger partial charge on any atom is -0.311 e. The Bertz CT molecular complexity index is 3260. The standard InChI is InChI=1S/C60H41BN2/c1-6-19-42(20-7-1)47-29-16-31-51(37-47)62-55-36-35-49(44-23-10-3-11-24-44)39-54(55)61-59-53(46-27-14-5-15-28-46)33-18-34-56(59)63(52-32-17-30-48(38-52)43-21-8-2-9-22-43)58-41-50(40-57(62)60(58)61)45-25-12-4-13-26-45/h1-41H. The third-order valence-electron chi connectivity index (χ3n) is 12.8. The highest BCUT2D eigenvalue weighted by atomic mass is 15.2. The highest BCUT2D eigenvalue weighted by molar-refractivity contribution is 7.01. The van der Waals surface area contributed by atoms with Crippen molar-refractivity contribution in [1.82, 2.24) is 0 Å². The van der Waals surface area contributed by atoms with Gasteiger partial charge in [0, 0.05) is 34.1 Å². The Morgan fingerprint density at radius 1 is 0.238 bits per heavy atom. The van der Waals surface area contributed by atoms with Gasteiger partial charge in [-0.1, -0.05) is 200 Å². The van der Waals surface area contributed by atoms with Crippen molar-refractivity contribution in [2.24, 2.45) is 0 Å². The Morgan fingerprint density at radius 3 is 1.16 bits per heavy atom. The smallest absolute Gasteiger partial charge is 0.252 e. The van der Waals surface area contributed by atoms with Crippen molar-refractivity contribution in [3.63, 3.8) is 0 Å². The van der Waals surface area contributed by atoms with Crippen LogP contribution in [0.5, 0.6) is 0 Å². The van der Waals surface area contributed by atoms with Gasteiger partial charge in [0.05, 0.1) is 0 Å². The van der Waals surface area contributed by atoms with E-state index in [1.165, 1.54) is 94.8 Å². The van der Waals surface area contributed by atoms with E-state index in [2.05, 4.69) is 259 Å². The van der Waals surface area contributed by atoms with Gasteiger partial charge in [-0.15, -0.1) is 0 Å². The van der Waals surface area contributed by atoms with Crippen LogP contribution < -0.4 is 26.2 Å². The van der Waals surface area contributed by atoms with Gasteiger partial charge in [-0.25, -0.2) is 0 Å². The lowest BCUT2D eigenvalue weighted by Crippen LogP contribution is -2.62. The van der Waals surface area contributed by atoms with Crippen LogP contribution in [0.25, 0.3) is 55.6 Å². The van der Waals surface area contributed by atoms with Crippen molar-refractivity contribution in [2.75, 3.05) is 9.80 Å². The molecule has 63 heavy (non-hydrogen) atoms. The van der Waals surface area contributed by atoms with Gasteiger partial charge >= 0.3 is 0 Å². The number of benzene rings is 10. The van der Waals surface area contributed by atoms with Crippen LogP contribution in [0.1, 0.15) is 0 Å². The van der Waals surface area contributed by atoms with Crippen LogP contribution in [0.15, 0.2) is 249 Å². The summed E-state index contributed by atoms with van der Waals surface area (Å²) in [6.07, 6.45) is 0. The van der Waals surface area contributed by atoms with E-state index in [1.807, 2.05) is 0 Å². The van der Waals surface area contributed by atoms with Gasteiger partial charge in [-0.3, -0.25) is 0 Å². The van der Waals surface area contributed by atoms with Crippen molar-refractivity contribution < 1.29 is 0 Å². The minimum atomic E-state index is -0.0768. The summed E-state index contributed by atoms with van der Waals surface area (Å²) >= 11 is 0. The van der Waals surface area contributed by atoms with E-state index >= 15 is 0 Å². The molecular weight excluding hydrogens is 759 g/mol. The molecular formula is C60H41BN2. The quantitative estimate of drug-likeness (QED) is 0.148. The summed E-state index contributed by atoms with van der Waals surface area (Å²) in [6.45, 7) is -0.0768. The largest absolute Gasteiger partial charge is 0.311 e. The molecule has 0 fully saturated rings. The van der Waals surface area contributed by atoms with E-state index in [4.69, 9.17) is 0 Å². The number of fused-ring (bicyclic) bond motifs is 4. The Labute approximate surface area is 369 Å². The lowest BCUT2D eigenvalue weighted by Gasteiger charge is -2.45. The average molecular weight is 801 g/mol. The zero-order valence-corrected chi connectivity index (χ0v) is 34.6. The molecule has 0 radical (unpaired) electrons. The van der Waals surface area contributed by atoms with Gasteiger partial charge in [-0.2, -0.15) is 0 Å². The molecule has 12 rings (SSSR count). The molecule has 2 aliphatic rings. The van der Waals surface area contributed by atoms with Crippen molar-refractivity contribution >= 4 is 57.2 Å². The number of hydrogen-bond donors (Lipinski definition) is 0. The van der Waals surface area contributed by atoms with Crippen molar-refractivity contribution in [3.05, 3.63) is 249 Å². The lowest BCUT2D eigenvalue weighted by atomic mass is 9.32. The first-order chi connectivity index (χ1) is 31.3. The van der Waals surface area contributed by atoms with E-state index in [9.17, 15) is 0 Å². The highest BCUT2D eigenvalue weighted by Gasteiger charge is 2.45. The Hall–Kier alpha value is -8.14. The molecule has 0 unspecified atom stereocenters. The summed E-state index contributed by atoms with van der Waals surface area (Å²) in [5, 5.41) is 0. The lowest BCUT2D eigenvalue weighted by molar-refractivity contribution is 1.25. The Kier molecular flexibility index (Phi) is 8.97. The van der Waals surface area contributed by atoms with Gasteiger partial charge in [0.1, 0.15) is 0 Å². The molecule has 294 valence electrons. The molecule has 0 aliphatic carbocycles. The summed E-state index contributed by atoms with van der Waals surface area (Å²) < 4.78 is 0. The van der Waals surface area contributed by atoms with Crippen LogP contribution in [0.3, 0.4) is 0 Å². The monoisotopic (exact) mass is 800 g/mol. The van der Waals surface area contributed by atoms with Crippen molar-refractivity contribution in [3.8, 4) is 55.6 Å². The topological polar surface area (TPSA) is 6.48 Å². The molecule has 10 aromatic carbocycles. The second-order valence-corrected chi connectivity index (χ2v) is 16.5. The first kappa shape index (κ1) is 36.7. The first-order valence-electron chi connectivity index (χ1n) is 21.8. The first-order valence-corrected chi connectivity index (χ1v) is 21.8. The van der Waals surface area contributed by atoms with Gasteiger partial charge in [-0.05, 0) is 121 Å². The molecule has 3 heteroatoms. The zero-order chi connectivity index (χ0) is 41.7. The summed E-state index contributed by atoms with van der Waals surface area (Å²) in [6, 6.07) is 91.2. The molecule has 2 heterocycles. The van der Waals surface area contributed by atoms with Crippen LogP contribution in [0, 0.1) is 0 Å². The number of rotatable bonds is 7. The Morgan fingerprint density at radius 2 is 0.651 bits per heavy atom. The second-order valence-electron chi connectivity index (χ2n) is 16.5. The van der Waals surface area contributed by atoms with E-state index in [0.29, 0.717) is 0 Å². The van der Waals surface area contributed by atoms with Gasteiger partial charge in [0.2, 0.25) is 0 Å². The molecule has 0 N–H and O–H groups in total. The number of hydrogen-bond acceptors (Lipinski definition) is 2. The third kappa shape index (κ3) is 6.37. The summed E-state index contributed by atoms with van der Waals surface area (Å²) in [4.78, 5) is 5.08. The predicted molar refractivity (Wildman–Crippen MR) is 268 cm³/mol. The van der Waals surface area contributed by atoms with Crippen LogP contribution in [0.2, 0.25) is 0 Å². The predicted octanol–water partition coefficient (Wildman–Crippen LogP) is 14.1. The maximum atomic E-state index is 2.54.